The van der Waals surface area contributed by atoms with Crippen LogP contribution >= 0.6 is 0 Å². The fraction of sp³-hybridized carbons (Fsp3) is 0.760. The molecule has 156 valence electrons. The molecule has 2 N–H and O–H groups in total. The Morgan fingerprint density at radius 3 is 1.52 bits per heavy atom. The van der Waals surface area contributed by atoms with E-state index in [1.165, 1.54) is 102 Å². The van der Waals surface area contributed by atoms with Gasteiger partial charge in [-0.1, -0.05) is 109 Å². The number of nitrogens with two attached hydrogens (primary N) is 1. The maximum atomic E-state index is 5.82. The van der Waals surface area contributed by atoms with Crippen LogP contribution in [0.15, 0.2) is 24.3 Å². The summed E-state index contributed by atoms with van der Waals surface area (Å²) in [5.74, 6) is 0.987. The number of rotatable bonds is 19. The fourth-order valence-corrected chi connectivity index (χ4v) is 3.58. The minimum atomic E-state index is 0.708. The van der Waals surface area contributed by atoms with Crippen molar-refractivity contribution in [3.8, 4) is 5.75 Å². The first-order valence-corrected chi connectivity index (χ1v) is 11.8. The van der Waals surface area contributed by atoms with Crippen LogP contribution in [0.25, 0.3) is 0 Å². The Balaban J connectivity index is 1.79. The summed E-state index contributed by atoms with van der Waals surface area (Å²) >= 11 is 0. The van der Waals surface area contributed by atoms with Crippen LogP contribution in [-0.2, 0) is 6.42 Å². The van der Waals surface area contributed by atoms with Gasteiger partial charge in [0.15, 0.2) is 0 Å². The molecule has 0 amide bonds. The lowest BCUT2D eigenvalue weighted by Crippen LogP contribution is -2.02. The van der Waals surface area contributed by atoms with Gasteiger partial charge in [-0.2, -0.15) is 0 Å². The van der Waals surface area contributed by atoms with Crippen LogP contribution in [0.1, 0.15) is 109 Å². The first kappa shape index (κ1) is 24.0. The van der Waals surface area contributed by atoms with E-state index in [2.05, 4.69) is 31.2 Å². The largest absolute Gasteiger partial charge is 0.494 e. The van der Waals surface area contributed by atoms with E-state index in [9.17, 15) is 0 Å². The van der Waals surface area contributed by atoms with Gasteiger partial charge in [-0.15, -0.1) is 0 Å². The third kappa shape index (κ3) is 14.7. The van der Waals surface area contributed by atoms with E-state index < -0.39 is 0 Å². The Morgan fingerprint density at radius 1 is 0.630 bits per heavy atom. The standard InChI is InChI=1S/C25H45NO/c1-2-3-4-5-6-7-8-9-10-11-12-13-14-15-16-23-27-25-19-17-24(18-20-25)21-22-26/h17-20H,2-16,21-23,26H2,1H3. The Kier molecular flexibility index (Phi) is 16.3. The SMILES string of the molecule is CCCCCCCCCCCCCCCCCOc1ccc(CCN)cc1. The van der Waals surface area contributed by atoms with Gasteiger partial charge in [0.2, 0.25) is 0 Å². The molecule has 27 heavy (non-hydrogen) atoms. The zero-order valence-electron chi connectivity index (χ0n) is 18.0. The lowest BCUT2D eigenvalue weighted by Gasteiger charge is -2.07. The minimum Gasteiger partial charge on any atom is -0.494 e. The minimum absolute atomic E-state index is 0.708. The van der Waals surface area contributed by atoms with Crippen LogP contribution in [0.4, 0.5) is 0 Å². The van der Waals surface area contributed by atoms with Gasteiger partial charge in [0.25, 0.3) is 0 Å². The monoisotopic (exact) mass is 375 g/mol. The summed E-state index contributed by atoms with van der Waals surface area (Å²) in [7, 11) is 0. The molecule has 0 spiro atoms. The van der Waals surface area contributed by atoms with Gasteiger partial charge in [-0.05, 0) is 37.1 Å². The summed E-state index contributed by atoms with van der Waals surface area (Å²) in [4.78, 5) is 0. The van der Waals surface area contributed by atoms with E-state index in [1.54, 1.807) is 0 Å². The van der Waals surface area contributed by atoms with E-state index in [4.69, 9.17) is 10.5 Å². The predicted octanol–water partition coefficient (Wildman–Crippen LogP) is 7.44. The van der Waals surface area contributed by atoms with Gasteiger partial charge < -0.3 is 10.5 Å². The molecule has 0 radical (unpaired) electrons. The Morgan fingerprint density at radius 2 is 1.07 bits per heavy atom. The van der Waals surface area contributed by atoms with Crippen molar-refractivity contribution in [2.24, 2.45) is 5.73 Å². The summed E-state index contributed by atoms with van der Waals surface area (Å²) in [6.45, 7) is 3.84. The van der Waals surface area contributed by atoms with Crippen molar-refractivity contribution in [2.75, 3.05) is 13.2 Å². The zero-order chi connectivity index (χ0) is 19.4. The van der Waals surface area contributed by atoms with Crippen LogP contribution in [0.3, 0.4) is 0 Å². The number of hydrogen-bond donors (Lipinski definition) is 1. The second kappa shape index (κ2) is 18.3. The summed E-state index contributed by atoms with van der Waals surface area (Å²) < 4.78 is 5.82. The lowest BCUT2D eigenvalue weighted by atomic mass is 10.0. The normalized spacial score (nSPS) is 11.0. The van der Waals surface area contributed by atoms with Gasteiger partial charge >= 0.3 is 0 Å². The average Bonchev–Trinajstić information content (AvgIpc) is 2.69. The fourth-order valence-electron chi connectivity index (χ4n) is 3.58. The molecule has 1 aromatic carbocycles. The highest BCUT2D eigenvalue weighted by molar-refractivity contribution is 5.27. The molecule has 2 heteroatoms. The van der Waals surface area contributed by atoms with Crippen LogP contribution in [0.5, 0.6) is 5.75 Å². The average molecular weight is 376 g/mol. The van der Waals surface area contributed by atoms with E-state index in [0.29, 0.717) is 6.54 Å². The Bertz CT molecular complexity index is 415. The quantitative estimate of drug-likeness (QED) is 0.255. The summed E-state index contributed by atoms with van der Waals surface area (Å²) in [5, 5.41) is 0. The molecule has 0 aliphatic carbocycles. The highest BCUT2D eigenvalue weighted by Crippen LogP contribution is 2.15. The van der Waals surface area contributed by atoms with Crippen LogP contribution in [0, 0.1) is 0 Å². The van der Waals surface area contributed by atoms with E-state index in [-0.39, 0.29) is 0 Å². The third-order valence-corrected chi connectivity index (χ3v) is 5.37. The molecular formula is C25H45NO. The molecule has 0 atom stereocenters. The maximum Gasteiger partial charge on any atom is 0.119 e. The molecule has 0 aliphatic heterocycles. The maximum absolute atomic E-state index is 5.82. The molecule has 0 aliphatic rings. The lowest BCUT2D eigenvalue weighted by molar-refractivity contribution is 0.304. The van der Waals surface area contributed by atoms with Crippen molar-refractivity contribution in [2.45, 2.75) is 110 Å². The van der Waals surface area contributed by atoms with Crippen molar-refractivity contribution in [1.29, 1.82) is 0 Å². The molecular weight excluding hydrogens is 330 g/mol. The molecule has 0 saturated carbocycles. The van der Waals surface area contributed by atoms with E-state index in [1.807, 2.05) is 0 Å². The first-order chi connectivity index (χ1) is 13.4. The van der Waals surface area contributed by atoms with Crippen molar-refractivity contribution >= 4 is 0 Å². The molecule has 0 unspecified atom stereocenters. The van der Waals surface area contributed by atoms with Gasteiger partial charge in [-0.3, -0.25) is 0 Å². The molecule has 1 rings (SSSR count). The number of hydrogen-bond acceptors (Lipinski definition) is 2. The summed E-state index contributed by atoms with van der Waals surface area (Å²) in [6, 6.07) is 8.37. The highest BCUT2D eigenvalue weighted by Gasteiger charge is 1.97. The van der Waals surface area contributed by atoms with Gasteiger partial charge in [0.05, 0.1) is 6.61 Å². The molecule has 0 aromatic heterocycles. The first-order valence-electron chi connectivity index (χ1n) is 11.8. The highest BCUT2D eigenvalue weighted by atomic mass is 16.5. The van der Waals surface area contributed by atoms with E-state index >= 15 is 0 Å². The smallest absolute Gasteiger partial charge is 0.119 e. The Labute approximate surface area is 169 Å². The second-order valence-electron chi connectivity index (χ2n) is 7.98. The van der Waals surface area contributed by atoms with Gasteiger partial charge in [0.1, 0.15) is 5.75 Å². The summed E-state index contributed by atoms with van der Waals surface area (Å²) in [6.07, 6.45) is 22.0. The number of unbranched alkanes of at least 4 members (excludes halogenated alkanes) is 14. The Hall–Kier alpha value is -1.02. The molecule has 0 saturated heterocycles. The van der Waals surface area contributed by atoms with E-state index in [0.717, 1.165) is 18.8 Å². The second-order valence-corrected chi connectivity index (χ2v) is 7.98. The van der Waals surface area contributed by atoms with Gasteiger partial charge in [0, 0.05) is 0 Å². The molecule has 0 fully saturated rings. The number of benzene rings is 1. The molecule has 0 bridgehead atoms. The third-order valence-electron chi connectivity index (χ3n) is 5.37. The van der Waals surface area contributed by atoms with Crippen molar-refractivity contribution in [3.63, 3.8) is 0 Å². The van der Waals surface area contributed by atoms with Crippen LogP contribution in [0.2, 0.25) is 0 Å². The zero-order valence-corrected chi connectivity index (χ0v) is 18.0. The molecule has 0 heterocycles. The van der Waals surface area contributed by atoms with Gasteiger partial charge in [-0.25, -0.2) is 0 Å². The molecule has 2 nitrogen and oxygen atoms in total. The summed E-state index contributed by atoms with van der Waals surface area (Å²) in [5.41, 5.74) is 6.86. The van der Waals surface area contributed by atoms with Crippen LogP contribution < -0.4 is 10.5 Å². The van der Waals surface area contributed by atoms with Crippen molar-refractivity contribution in [1.82, 2.24) is 0 Å². The van der Waals surface area contributed by atoms with Crippen molar-refractivity contribution < 1.29 is 4.74 Å². The number of ether oxygens (including phenoxy) is 1. The topological polar surface area (TPSA) is 35.2 Å². The predicted molar refractivity (Wildman–Crippen MR) is 120 cm³/mol. The molecule has 1 aromatic rings. The van der Waals surface area contributed by atoms with Crippen LogP contribution in [-0.4, -0.2) is 13.2 Å². The van der Waals surface area contributed by atoms with Crippen molar-refractivity contribution in [3.05, 3.63) is 29.8 Å².